The van der Waals surface area contributed by atoms with E-state index in [-0.39, 0.29) is 10.8 Å². The van der Waals surface area contributed by atoms with Crippen molar-refractivity contribution in [3.05, 3.63) is 54.1 Å². The molecule has 0 unspecified atom stereocenters. The van der Waals surface area contributed by atoms with Gasteiger partial charge in [0.25, 0.3) is 0 Å². The first-order valence-electron chi connectivity index (χ1n) is 7.93. The molecule has 2 aromatic rings. The maximum atomic E-state index is 11.9. The molecule has 0 aliphatic carbocycles. The first-order chi connectivity index (χ1) is 11.9. The predicted octanol–water partition coefficient (Wildman–Crippen LogP) is 2.70. The SMILES string of the molecule is CNS(=O)(=O)c1ccc(NC(=O)CCCOc2cccc(C)c2)cc1. The summed E-state index contributed by atoms with van der Waals surface area (Å²) in [5.74, 6) is 0.652. The Bertz CT molecular complexity index is 817. The van der Waals surface area contributed by atoms with E-state index < -0.39 is 10.0 Å². The quantitative estimate of drug-likeness (QED) is 0.707. The van der Waals surface area contributed by atoms with Crippen molar-refractivity contribution in [1.29, 1.82) is 0 Å². The van der Waals surface area contributed by atoms with Crippen molar-refractivity contribution in [2.45, 2.75) is 24.7 Å². The molecule has 2 aromatic carbocycles. The van der Waals surface area contributed by atoms with Crippen molar-refractivity contribution in [3.8, 4) is 5.75 Å². The van der Waals surface area contributed by atoms with E-state index in [0.717, 1.165) is 11.3 Å². The maximum absolute atomic E-state index is 11.9. The van der Waals surface area contributed by atoms with Crippen LogP contribution in [0.3, 0.4) is 0 Å². The van der Waals surface area contributed by atoms with Crippen LogP contribution in [0, 0.1) is 6.92 Å². The molecule has 2 N–H and O–H groups in total. The van der Waals surface area contributed by atoms with Crippen LogP contribution in [0.5, 0.6) is 5.75 Å². The summed E-state index contributed by atoms with van der Waals surface area (Å²) in [7, 11) is -2.12. The Morgan fingerprint density at radius 1 is 1.12 bits per heavy atom. The zero-order valence-corrected chi connectivity index (χ0v) is 15.1. The lowest BCUT2D eigenvalue weighted by molar-refractivity contribution is -0.116. The van der Waals surface area contributed by atoms with Gasteiger partial charge in [-0.3, -0.25) is 4.79 Å². The molecule has 0 aromatic heterocycles. The standard InChI is InChI=1S/C18H22N2O4S/c1-14-5-3-6-16(13-14)24-12-4-7-18(21)20-15-8-10-17(11-9-15)25(22,23)19-2/h3,5-6,8-11,13,19H,4,7,12H2,1-2H3,(H,20,21). The van der Waals surface area contributed by atoms with Crippen LogP contribution in [0.2, 0.25) is 0 Å². The second-order valence-corrected chi connectivity index (χ2v) is 7.44. The van der Waals surface area contributed by atoms with Gasteiger partial charge >= 0.3 is 0 Å². The minimum Gasteiger partial charge on any atom is -0.494 e. The fourth-order valence-corrected chi connectivity index (χ4v) is 2.92. The van der Waals surface area contributed by atoms with E-state index in [4.69, 9.17) is 4.74 Å². The number of nitrogens with one attached hydrogen (secondary N) is 2. The zero-order valence-electron chi connectivity index (χ0n) is 14.3. The number of amides is 1. The van der Waals surface area contributed by atoms with Crippen molar-refractivity contribution >= 4 is 21.6 Å². The third kappa shape index (κ3) is 5.88. The normalized spacial score (nSPS) is 11.1. The monoisotopic (exact) mass is 362 g/mol. The van der Waals surface area contributed by atoms with Gasteiger partial charge in [0.1, 0.15) is 5.75 Å². The fourth-order valence-electron chi connectivity index (χ4n) is 2.19. The van der Waals surface area contributed by atoms with E-state index in [1.54, 1.807) is 12.1 Å². The molecule has 25 heavy (non-hydrogen) atoms. The second kappa shape index (κ2) is 8.64. The Morgan fingerprint density at radius 3 is 2.48 bits per heavy atom. The van der Waals surface area contributed by atoms with Crippen LogP contribution in [0.15, 0.2) is 53.4 Å². The molecule has 0 saturated carbocycles. The van der Waals surface area contributed by atoms with Crippen LogP contribution < -0.4 is 14.8 Å². The average Bonchev–Trinajstić information content (AvgIpc) is 2.59. The molecule has 0 spiro atoms. The number of sulfonamides is 1. The Labute approximate surface area is 148 Å². The van der Waals surface area contributed by atoms with Crippen molar-refractivity contribution in [1.82, 2.24) is 4.72 Å². The molecule has 0 heterocycles. The molecule has 7 heteroatoms. The smallest absolute Gasteiger partial charge is 0.240 e. The van der Waals surface area contributed by atoms with Gasteiger partial charge in [-0.25, -0.2) is 13.1 Å². The van der Waals surface area contributed by atoms with Crippen LogP contribution in [0.1, 0.15) is 18.4 Å². The van der Waals surface area contributed by atoms with E-state index in [1.807, 2.05) is 31.2 Å². The highest BCUT2D eigenvalue weighted by molar-refractivity contribution is 7.89. The van der Waals surface area contributed by atoms with E-state index in [0.29, 0.717) is 25.1 Å². The van der Waals surface area contributed by atoms with Gasteiger partial charge in [0.15, 0.2) is 0 Å². The lowest BCUT2D eigenvalue weighted by atomic mass is 10.2. The summed E-state index contributed by atoms with van der Waals surface area (Å²) in [6.45, 7) is 2.45. The van der Waals surface area contributed by atoms with Crippen LogP contribution in [0.4, 0.5) is 5.69 Å². The summed E-state index contributed by atoms with van der Waals surface area (Å²) in [5, 5.41) is 2.74. The molecule has 0 aliphatic heterocycles. The highest BCUT2D eigenvalue weighted by Crippen LogP contribution is 2.15. The topological polar surface area (TPSA) is 84.5 Å². The molecule has 0 radical (unpaired) electrons. The van der Waals surface area contributed by atoms with Gasteiger partial charge in [-0.1, -0.05) is 12.1 Å². The lowest BCUT2D eigenvalue weighted by Gasteiger charge is -2.08. The molecule has 0 atom stereocenters. The number of benzene rings is 2. The minimum absolute atomic E-state index is 0.142. The molecule has 134 valence electrons. The van der Waals surface area contributed by atoms with Crippen LogP contribution in [-0.2, 0) is 14.8 Å². The fraction of sp³-hybridized carbons (Fsp3) is 0.278. The van der Waals surface area contributed by atoms with E-state index in [9.17, 15) is 13.2 Å². The van der Waals surface area contributed by atoms with E-state index in [2.05, 4.69) is 10.0 Å². The number of rotatable bonds is 8. The Morgan fingerprint density at radius 2 is 1.84 bits per heavy atom. The molecule has 1 amide bonds. The van der Waals surface area contributed by atoms with Crippen molar-refractivity contribution in [3.63, 3.8) is 0 Å². The van der Waals surface area contributed by atoms with Crippen molar-refractivity contribution in [2.24, 2.45) is 0 Å². The van der Waals surface area contributed by atoms with E-state index in [1.165, 1.54) is 19.2 Å². The number of carbonyl (C=O) groups excluding carboxylic acids is 1. The summed E-state index contributed by atoms with van der Waals surface area (Å²) < 4.78 is 31.1. The number of hydrogen-bond acceptors (Lipinski definition) is 4. The van der Waals surface area contributed by atoms with Gasteiger partial charge in [0, 0.05) is 12.1 Å². The molecular weight excluding hydrogens is 340 g/mol. The van der Waals surface area contributed by atoms with E-state index >= 15 is 0 Å². The molecule has 2 rings (SSSR count). The van der Waals surface area contributed by atoms with Crippen LogP contribution >= 0.6 is 0 Å². The highest BCUT2D eigenvalue weighted by Gasteiger charge is 2.11. The van der Waals surface area contributed by atoms with Gasteiger partial charge in [0.2, 0.25) is 15.9 Å². The highest BCUT2D eigenvalue weighted by atomic mass is 32.2. The molecule has 0 fully saturated rings. The zero-order chi connectivity index (χ0) is 18.3. The molecular formula is C18H22N2O4S. The summed E-state index contributed by atoms with van der Waals surface area (Å²) in [4.78, 5) is 12.1. The second-order valence-electron chi connectivity index (χ2n) is 5.55. The molecule has 0 saturated heterocycles. The molecule has 0 bridgehead atoms. The van der Waals surface area contributed by atoms with Gasteiger partial charge in [-0.2, -0.15) is 0 Å². The summed E-state index contributed by atoms with van der Waals surface area (Å²) in [5.41, 5.74) is 1.68. The minimum atomic E-state index is -3.47. The van der Waals surface area contributed by atoms with Crippen LogP contribution in [0.25, 0.3) is 0 Å². The van der Waals surface area contributed by atoms with Gasteiger partial charge in [0.05, 0.1) is 11.5 Å². The lowest BCUT2D eigenvalue weighted by Crippen LogP contribution is -2.18. The number of carbonyl (C=O) groups is 1. The number of ether oxygens (including phenoxy) is 1. The Balaban J connectivity index is 1.76. The van der Waals surface area contributed by atoms with Crippen molar-refractivity contribution in [2.75, 3.05) is 19.0 Å². The van der Waals surface area contributed by atoms with Crippen molar-refractivity contribution < 1.29 is 17.9 Å². The summed E-state index contributed by atoms with van der Waals surface area (Å²) in [6, 6.07) is 13.8. The maximum Gasteiger partial charge on any atom is 0.240 e. The number of aryl methyl sites for hydroxylation is 1. The first-order valence-corrected chi connectivity index (χ1v) is 9.42. The first kappa shape index (κ1) is 19.0. The predicted molar refractivity (Wildman–Crippen MR) is 97.2 cm³/mol. The number of hydrogen-bond donors (Lipinski definition) is 2. The largest absolute Gasteiger partial charge is 0.494 e. The Kier molecular flexibility index (Phi) is 6.55. The molecule has 0 aliphatic rings. The Hall–Kier alpha value is -2.38. The third-order valence-electron chi connectivity index (χ3n) is 3.52. The van der Waals surface area contributed by atoms with Gasteiger partial charge in [-0.15, -0.1) is 0 Å². The molecule has 6 nitrogen and oxygen atoms in total. The van der Waals surface area contributed by atoms with Gasteiger partial charge < -0.3 is 10.1 Å². The third-order valence-corrected chi connectivity index (χ3v) is 4.95. The number of anilines is 1. The van der Waals surface area contributed by atoms with Crippen LogP contribution in [-0.4, -0.2) is 28.0 Å². The average molecular weight is 362 g/mol. The summed E-state index contributed by atoms with van der Waals surface area (Å²) >= 11 is 0. The summed E-state index contributed by atoms with van der Waals surface area (Å²) in [6.07, 6.45) is 0.911. The van der Waals surface area contributed by atoms with Gasteiger partial charge in [-0.05, 0) is 62.4 Å².